The fourth-order valence-electron chi connectivity index (χ4n) is 4.40. The number of nitrogens with one attached hydrogen (secondary N) is 2. The van der Waals surface area contributed by atoms with Gasteiger partial charge in [-0.3, -0.25) is 14.9 Å². The van der Waals surface area contributed by atoms with Gasteiger partial charge in [0.15, 0.2) is 0 Å². The number of H-pyrrole nitrogens is 1. The first kappa shape index (κ1) is 21.4. The third-order valence-corrected chi connectivity index (χ3v) is 6.74. The monoisotopic (exact) mass is 472 g/mol. The van der Waals surface area contributed by atoms with Gasteiger partial charge >= 0.3 is 0 Å². The van der Waals surface area contributed by atoms with E-state index in [4.69, 9.17) is 0 Å². The van der Waals surface area contributed by atoms with Crippen LogP contribution in [0.1, 0.15) is 17.5 Å². The summed E-state index contributed by atoms with van der Waals surface area (Å²) >= 11 is 6.30. The number of hydrogen-bond donors (Lipinski definition) is 2. The number of benzene rings is 2. The number of para-hydroxylation sites is 1. The molecule has 0 saturated carbocycles. The van der Waals surface area contributed by atoms with E-state index in [0.29, 0.717) is 24.2 Å². The van der Waals surface area contributed by atoms with Crippen LogP contribution in [0.5, 0.6) is 0 Å². The van der Waals surface area contributed by atoms with Crippen molar-refractivity contribution < 1.29 is 9.59 Å². The summed E-state index contributed by atoms with van der Waals surface area (Å²) in [6.45, 7) is 1.30. The average Bonchev–Trinajstić information content (AvgIpc) is 3.49. The molecule has 3 heterocycles. The maximum absolute atomic E-state index is 13.1. The van der Waals surface area contributed by atoms with Crippen molar-refractivity contribution in [3.63, 3.8) is 0 Å². The third kappa shape index (κ3) is 3.72. The lowest BCUT2D eigenvalue weighted by molar-refractivity contribution is -0.122. The zero-order chi connectivity index (χ0) is 22.9. The van der Waals surface area contributed by atoms with Crippen LogP contribution in [0.2, 0.25) is 0 Å². The second-order valence-electron chi connectivity index (χ2n) is 7.73. The van der Waals surface area contributed by atoms with Crippen LogP contribution in [0, 0.1) is 0 Å². The van der Waals surface area contributed by atoms with Crippen molar-refractivity contribution >= 4 is 73.9 Å². The van der Waals surface area contributed by atoms with E-state index in [1.165, 1.54) is 0 Å². The molecule has 8 heteroatoms. The van der Waals surface area contributed by atoms with E-state index in [-0.39, 0.29) is 11.8 Å². The van der Waals surface area contributed by atoms with Gasteiger partial charge in [-0.15, -0.1) is 11.8 Å². The Kier molecular flexibility index (Phi) is 5.72. The zero-order valence-corrected chi connectivity index (χ0v) is 19.5. The molecule has 0 aliphatic carbocycles. The minimum absolute atomic E-state index is 0.376. The first-order chi connectivity index (χ1) is 16.1. The van der Waals surface area contributed by atoms with Crippen molar-refractivity contribution in [2.45, 2.75) is 17.9 Å². The molecule has 1 aliphatic heterocycles. The Balaban J connectivity index is 1.74. The van der Waals surface area contributed by atoms with Crippen molar-refractivity contribution in [1.29, 1.82) is 0 Å². The number of amides is 2. The number of fused-ring (bicyclic) bond motifs is 2. The van der Waals surface area contributed by atoms with E-state index in [1.54, 1.807) is 18.0 Å². The number of aromatic nitrogens is 2. The smallest absolute Gasteiger partial charge is 0.259 e. The highest BCUT2D eigenvalue weighted by atomic mass is 32.2. The molecule has 2 aromatic carbocycles. The van der Waals surface area contributed by atoms with Crippen LogP contribution in [0.4, 0.5) is 0 Å². The Morgan fingerprint density at radius 2 is 1.85 bits per heavy atom. The molecule has 33 heavy (non-hydrogen) atoms. The minimum atomic E-state index is -0.378. The molecule has 6 nitrogen and oxygen atoms in total. The molecule has 0 atom stereocenters. The van der Waals surface area contributed by atoms with Gasteiger partial charge < -0.3 is 9.55 Å². The summed E-state index contributed by atoms with van der Waals surface area (Å²) in [4.78, 5) is 34.4. The highest BCUT2D eigenvalue weighted by Crippen LogP contribution is 2.39. The number of thioether (sulfide) groups is 1. The van der Waals surface area contributed by atoms with E-state index in [2.05, 4.69) is 55.4 Å². The predicted molar refractivity (Wildman–Crippen MR) is 136 cm³/mol. The Labute approximate surface area is 199 Å². The molecule has 2 N–H and O–H groups in total. The van der Waals surface area contributed by atoms with Crippen molar-refractivity contribution in [2.75, 3.05) is 12.8 Å². The highest BCUT2D eigenvalue weighted by Gasteiger charge is 2.35. The van der Waals surface area contributed by atoms with Crippen LogP contribution in [0.3, 0.4) is 0 Å². The zero-order valence-electron chi connectivity index (χ0n) is 17.8. The summed E-state index contributed by atoms with van der Waals surface area (Å²) in [7, 11) is 0. The van der Waals surface area contributed by atoms with E-state index >= 15 is 0 Å². The second-order valence-corrected chi connectivity index (χ2v) is 8.79. The molecule has 0 saturated heterocycles. The number of aryl methyl sites for hydroxylation is 1. The van der Waals surface area contributed by atoms with Crippen LogP contribution >= 0.6 is 24.0 Å². The van der Waals surface area contributed by atoms with Gasteiger partial charge in [-0.2, -0.15) is 0 Å². The SMILES string of the molecule is CSc1ccc2c(c1)c(C1=C(c3c[nH]c4ccccc34)C(=O)NC1=O)cn2CCCN=C=S. The van der Waals surface area contributed by atoms with Gasteiger partial charge in [0.2, 0.25) is 0 Å². The number of thiocarbonyl (C=S) groups is 1. The van der Waals surface area contributed by atoms with Crippen LogP contribution < -0.4 is 5.32 Å². The maximum Gasteiger partial charge on any atom is 0.259 e. The molecule has 0 spiro atoms. The number of imide groups is 1. The van der Waals surface area contributed by atoms with E-state index in [0.717, 1.165) is 44.2 Å². The number of carbonyl (C=O) groups excluding carboxylic acids is 2. The molecule has 4 aromatic rings. The molecule has 1 aliphatic rings. The standard InChI is InChI=1S/C25H20N4O2S2/c1-33-15-7-8-21-17(11-15)19(13-29(21)10-4-9-26-14-32)23-22(24(30)28-25(23)31)18-12-27-20-6-3-2-5-16(18)20/h2-3,5-8,11-13,27H,4,9-10H2,1H3,(H,28,30,31). The summed E-state index contributed by atoms with van der Waals surface area (Å²) in [5.74, 6) is -0.754. The van der Waals surface area contributed by atoms with Crippen molar-refractivity contribution in [3.8, 4) is 0 Å². The summed E-state index contributed by atoms with van der Waals surface area (Å²) in [5.41, 5.74) is 4.20. The number of aliphatic imine (C=N–C) groups is 1. The third-order valence-electron chi connectivity index (χ3n) is 5.88. The van der Waals surface area contributed by atoms with Gasteiger partial charge in [0, 0.05) is 56.8 Å². The minimum Gasteiger partial charge on any atom is -0.361 e. The van der Waals surface area contributed by atoms with Gasteiger partial charge in [0.05, 0.1) is 22.9 Å². The number of nitrogens with zero attached hydrogens (tertiary/aromatic N) is 2. The number of hydrogen-bond acceptors (Lipinski definition) is 5. The van der Waals surface area contributed by atoms with Gasteiger partial charge in [0.25, 0.3) is 11.8 Å². The quantitative estimate of drug-likeness (QED) is 0.132. The number of aromatic amines is 1. The van der Waals surface area contributed by atoms with Crippen molar-refractivity contribution in [1.82, 2.24) is 14.9 Å². The van der Waals surface area contributed by atoms with Crippen LogP contribution in [0.25, 0.3) is 33.0 Å². The lowest BCUT2D eigenvalue weighted by atomic mass is 9.95. The Hall–Kier alpha value is -3.45. The van der Waals surface area contributed by atoms with Crippen LogP contribution in [0.15, 0.2) is 64.7 Å². The van der Waals surface area contributed by atoms with Gasteiger partial charge in [-0.05, 0) is 49.2 Å². The Morgan fingerprint density at radius 3 is 2.64 bits per heavy atom. The number of rotatable bonds is 7. The normalized spacial score (nSPS) is 13.7. The highest BCUT2D eigenvalue weighted by molar-refractivity contribution is 7.98. The van der Waals surface area contributed by atoms with Crippen molar-refractivity contribution in [3.05, 3.63) is 66.0 Å². The number of carbonyl (C=O) groups is 2. The summed E-state index contributed by atoms with van der Waals surface area (Å²) in [6.07, 6.45) is 6.58. The molecule has 0 unspecified atom stereocenters. The fourth-order valence-corrected chi connectivity index (χ4v) is 4.93. The second kappa shape index (κ2) is 8.83. The van der Waals surface area contributed by atoms with Crippen LogP contribution in [-0.4, -0.2) is 39.3 Å². The van der Waals surface area contributed by atoms with E-state index in [9.17, 15) is 9.59 Å². The molecule has 0 bridgehead atoms. The predicted octanol–water partition coefficient (Wildman–Crippen LogP) is 4.90. The first-order valence-electron chi connectivity index (χ1n) is 10.5. The van der Waals surface area contributed by atoms with Crippen LogP contribution in [-0.2, 0) is 16.1 Å². The number of isothiocyanates is 1. The summed E-state index contributed by atoms with van der Waals surface area (Å²) in [6, 6.07) is 14.0. The molecule has 164 valence electrons. The van der Waals surface area contributed by atoms with Gasteiger partial charge in [-0.25, -0.2) is 4.99 Å². The molecule has 2 aromatic heterocycles. The molecular weight excluding hydrogens is 452 g/mol. The topological polar surface area (TPSA) is 79.2 Å². The molecule has 5 rings (SSSR count). The largest absolute Gasteiger partial charge is 0.361 e. The van der Waals surface area contributed by atoms with Gasteiger partial charge in [0.1, 0.15) is 0 Å². The average molecular weight is 473 g/mol. The summed E-state index contributed by atoms with van der Waals surface area (Å²) < 4.78 is 2.11. The Morgan fingerprint density at radius 1 is 1.06 bits per heavy atom. The van der Waals surface area contributed by atoms with Gasteiger partial charge in [-0.1, -0.05) is 18.2 Å². The van der Waals surface area contributed by atoms with E-state index < -0.39 is 0 Å². The molecule has 0 radical (unpaired) electrons. The Bertz CT molecular complexity index is 1510. The lowest BCUT2D eigenvalue weighted by Crippen LogP contribution is -2.22. The van der Waals surface area contributed by atoms with E-state index in [1.807, 2.05) is 36.7 Å². The fraction of sp³-hybridized carbons (Fsp3) is 0.160. The molecule has 2 amide bonds. The summed E-state index contributed by atoms with van der Waals surface area (Å²) in [5, 5.41) is 6.76. The molecule has 0 fully saturated rings. The lowest BCUT2D eigenvalue weighted by Gasteiger charge is -2.04. The maximum atomic E-state index is 13.1. The van der Waals surface area contributed by atoms with Crippen molar-refractivity contribution in [2.24, 2.45) is 4.99 Å². The molecular formula is C25H20N4O2S2. The first-order valence-corrected chi connectivity index (χ1v) is 12.1.